The molecule has 1 atom stereocenters. The Hall–Kier alpha value is -1.94. The van der Waals surface area contributed by atoms with Crippen molar-refractivity contribution in [3.63, 3.8) is 0 Å². The lowest BCUT2D eigenvalue weighted by molar-refractivity contribution is 0.0235. The molecule has 3 heterocycles. The van der Waals surface area contributed by atoms with E-state index in [4.69, 9.17) is 0 Å². The fourth-order valence-electron chi connectivity index (χ4n) is 3.08. The summed E-state index contributed by atoms with van der Waals surface area (Å²) in [5.41, 5.74) is 2.50. The van der Waals surface area contributed by atoms with E-state index in [2.05, 4.69) is 45.3 Å². The first-order valence-electron chi connectivity index (χ1n) is 7.23. The maximum Gasteiger partial charge on any atom is 0.144 e. The largest absolute Gasteiger partial charge is 0.264 e. The molecule has 20 heavy (non-hydrogen) atoms. The van der Waals surface area contributed by atoms with Crippen LogP contribution in [0.1, 0.15) is 30.1 Å². The minimum absolute atomic E-state index is 0.364. The number of nitrogens with zero attached hydrogens (tertiary/aromatic N) is 4. The van der Waals surface area contributed by atoms with E-state index in [0.29, 0.717) is 6.04 Å². The van der Waals surface area contributed by atoms with Gasteiger partial charge in [0.1, 0.15) is 5.82 Å². The number of rotatable bonds is 3. The van der Waals surface area contributed by atoms with E-state index in [9.17, 15) is 0 Å². The van der Waals surface area contributed by atoms with Crippen LogP contribution in [0.25, 0.3) is 0 Å². The highest BCUT2D eigenvalue weighted by molar-refractivity contribution is 5.73. The summed E-state index contributed by atoms with van der Waals surface area (Å²) in [5, 5.41) is 4.58. The van der Waals surface area contributed by atoms with E-state index in [1.807, 2.05) is 24.6 Å². The average molecular weight is 266 g/mol. The Morgan fingerprint density at radius 1 is 1.35 bits per heavy atom. The molecule has 0 N–H and O–H groups in total. The molecular formula is C16H18N4. The van der Waals surface area contributed by atoms with E-state index < -0.39 is 0 Å². The lowest BCUT2D eigenvalue weighted by Gasteiger charge is -2.36. The zero-order valence-electron chi connectivity index (χ0n) is 11.6. The Balaban J connectivity index is 1.70. The Kier molecular flexibility index (Phi) is 2.70. The van der Waals surface area contributed by atoms with Crippen LogP contribution in [0, 0.1) is 12.8 Å². The topological polar surface area (TPSA) is 31.7 Å². The summed E-state index contributed by atoms with van der Waals surface area (Å²) in [7, 11) is 0. The lowest BCUT2D eigenvalue weighted by atomic mass is 10.0. The van der Waals surface area contributed by atoms with E-state index in [0.717, 1.165) is 18.3 Å². The van der Waals surface area contributed by atoms with Crippen molar-refractivity contribution in [2.24, 2.45) is 10.9 Å². The number of hydrogen-bond acceptors (Lipinski definition) is 4. The fraction of sp³-hybridized carbons (Fsp3) is 0.375. The van der Waals surface area contributed by atoms with Gasteiger partial charge in [-0.15, -0.1) is 0 Å². The molecule has 0 spiro atoms. The van der Waals surface area contributed by atoms with Crippen molar-refractivity contribution < 1.29 is 0 Å². The monoisotopic (exact) mass is 266 g/mol. The number of aromatic nitrogens is 1. The molecule has 0 bridgehead atoms. The first kappa shape index (κ1) is 11.9. The minimum Gasteiger partial charge on any atom is -0.264 e. The first-order valence-corrected chi connectivity index (χ1v) is 7.23. The number of allylic oxidation sites excluding steroid dienone is 1. The third-order valence-corrected chi connectivity index (χ3v) is 4.21. The van der Waals surface area contributed by atoms with E-state index in [1.54, 1.807) is 0 Å². The number of hydrazine groups is 1. The molecule has 4 rings (SSSR count). The van der Waals surface area contributed by atoms with Crippen molar-refractivity contribution in [3.8, 4) is 0 Å². The minimum atomic E-state index is 0.364. The van der Waals surface area contributed by atoms with Gasteiger partial charge in [0.25, 0.3) is 0 Å². The van der Waals surface area contributed by atoms with Crippen LogP contribution in [0.15, 0.2) is 47.5 Å². The highest BCUT2D eigenvalue weighted by atomic mass is 15.7. The second-order valence-electron chi connectivity index (χ2n) is 5.64. The third-order valence-electron chi connectivity index (χ3n) is 4.21. The predicted molar refractivity (Wildman–Crippen MR) is 78.7 cm³/mol. The van der Waals surface area contributed by atoms with Crippen LogP contribution in [-0.2, 0) is 0 Å². The van der Waals surface area contributed by atoms with E-state index >= 15 is 0 Å². The highest BCUT2D eigenvalue weighted by Gasteiger charge is 2.41. The fourth-order valence-corrected chi connectivity index (χ4v) is 3.08. The Labute approximate surface area is 119 Å². The van der Waals surface area contributed by atoms with Gasteiger partial charge in [-0.3, -0.25) is 9.99 Å². The molecule has 1 unspecified atom stereocenters. The maximum absolute atomic E-state index is 4.67. The second kappa shape index (κ2) is 4.56. The van der Waals surface area contributed by atoms with Crippen molar-refractivity contribution in [2.45, 2.75) is 25.8 Å². The first-order chi connectivity index (χ1) is 9.84. The van der Waals surface area contributed by atoms with Gasteiger partial charge in [0, 0.05) is 25.2 Å². The molecule has 2 aliphatic heterocycles. The molecule has 0 aromatic carbocycles. The molecule has 1 aromatic rings. The molecule has 1 fully saturated rings. The number of aliphatic imine (C=N–C) groups is 1. The van der Waals surface area contributed by atoms with Gasteiger partial charge in [-0.05, 0) is 49.5 Å². The molecule has 1 aromatic heterocycles. The van der Waals surface area contributed by atoms with Crippen LogP contribution in [0.2, 0.25) is 0 Å². The Bertz CT molecular complexity index is 613. The summed E-state index contributed by atoms with van der Waals surface area (Å²) in [6.07, 6.45) is 12.6. The zero-order chi connectivity index (χ0) is 13.5. The lowest BCUT2D eigenvalue weighted by Crippen LogP contribution is -2.39. The van der Waals surface area contributed by atoms with Gasteiger partial charge >= 0.3 is 0 Å². The standard InChI is InChI=1S/C16H18N4/c1-12-4-2-8-18-15(12)16(13-5-6-13)20-11-7-14-17-9-3-10-19(14)20/h2-4,7-10,13,16H,5-6,11H2,1H3. The number of aryl methyl sites for hydroxylation is 1. The maximum atomic E-state index is 4.67. The van der Waals surface area contributed by atoms with Gasteiger partial charge in [0.15, 0.2) is 0 Å². The summed E-state index contributed by atoms with van der Waals surface area (Å²) in [6.45, 7) is 3.07. The van der Waals surface area contributed by atoms with Gasteiger partial charge in [-0.1, -0.05) is 6.07 Å². The molecule has 0 radical (unpaired) electrons. The number of fused-ring (bicyclic) bond motifs is 1. The smallest absolute Gasteiger partial charge is 0.144 e. The normalized spacial score (nSPS) is 22.9. The molecule has 102 valence electrons. The number of hydrogen-bond donors (Lipinski definition) is 0. The van der Waals surface area contributed by atoms with Crippen molar-refractivity contribution in [2.75, 3.05) is 6.54 Å². The van der Waals surface area contributed by atoms with Crippen LogP contribution in [0.3, 0.4) is 0 Å². The molecule has 1 aliphatic carbocycles. The SMILES string of the molecule is Cc1cccnc1C(C1CC1)N1CC=C2N=CC=CN21. The summed E-state index contributed by atoms with van der Waals surface area (Å²) in [4.78, 5) is 9.10. The van der Waals surface area contributed by atoms with Gasteiger partial charge in [-0.25, -0.2) is 10.0 Å². The van der Waals surface area contributed by atoms with E-state index in [-0.39, 0.29) is 0 Å². The Morgan fingerprint density at radius 2 is 2.25 bits per heavy atom. The Morgan fingerprint density at radius 3 is 3.05 bits per heavy atom. The average Bonchev–Trinajstić information content (AvgIpc) is 3.22. The van der Waals surface area contributed by atoms with Gasteiger partial charge in [0.2, 0.25) is 0 Å². The molecule has 4 nitrogen and oxygen atoms in total. The van der Waals surface area contributed by atoms with Gasteiger partial charge in [0.05, 0.1) is 11.7 Å². The van der Waals surface area contributed by atoms with Crippen LogP contribution in [-0.4, -0.2) is 27.8 Å². The van der Waals surface area contributed by atoms with Crippen LogP contribution >= 0.6 is 0 Å². The summed E-state index contributed by atoms with van der Waals surface area (Å²) in [5.74, 6) is 1.75. The zero-order valence-corrected chi connectivity index (χ0v) is 11.6. The summed E-state index contributed by atoms with van der Waals surface area (Å²) >= 11 is 0. The molecule has 0 amide bonds. The number of pyridine rings is 1. The van der Waals surface area contributed by atoms with Crippen LogP contribution < -0.4 is 0 Å². The third kappa shape index (κ3) is 1.88. The van der Waals surface area contributed by atoms with Gasteiger partial charge in [-0.2, -0.15) is 0 Å². The second-order valence-corrected chi connectivity index (χ2v) is 5.64. The van der Waals surface area contributed by atoms with Crippen molar-refractivity contribution >= 4 is 6.21 Å². The highest BCUT2D eigenvalue weighted by Crippen LogP contribution is 2.46. The van der Waals surface area contributed by atoms with Crippen molar-refractivity contribution in [3.05, 3.63) is 53.8 Å². The quantitative estimate of drug-likeness (QED) is 0.843. The summed E-state index contributed by atoms with van der Waals surface area (Å²) in [6, 6.07) is 4.54. The molecule has 4 heteroatoms. The van der Waals surface area contributed by atoms with Crippen LogP contribution in [0.4, 0.5) is 0 Å². The van der Waals surface area contributed by atoms with E-state index in [1.165, 1.54) is 24.1 Å². The summed E-state index contributed by atoms with van der Waals surface area (Å²) < 4.78 is 0. The van der Waals surface area contributed by atoms with Gasteiger partial charge < -0.3 is 0 Å². The van der Waals surface area contributed by atoms with Crippen LogP contribution in [0.5, 0.6) is 0 Å². The molecular weight excluding hydrogens is 248 g/mol. The van der Waals surface area contributed by atoms with Crippen molar-refractivity contribution in [1.29, 1.82) is 0 Å². The molecule has 1 saturated carbocycles. The molecule has 0 saturated heterocycles. The molecule has 3 aliphatic rings. The predicted octanol–water partition coefficient (Wildman–Crippen LogP) is 2.81. The van der Waals surface area contributed by atoms with Crippen molar-refractivity contribution in [1.82, 2.24) is 15.0 Å².